The zero-order valence-corrected chi connectivity index (χ0v) is 17.1. The first-order valence-corrected chi connectivity index (χ1v) is 11.0. The van der Waals surface area contributed by atoms with Crippen molar-refractivity contribution in [3.8, 4) is 0 Å². The molecule has 2 aromatic rings. The molecular formula is C23H31N5O. The third kappa shape index (κ3) is 3.89. The minimum Gasteiger partial charge on any atom is -0.368 e. The number of anilines is 1. The van der Waals surface area contributed by atoms with Crippen molar-refractivity contribution < 1.29 is 4.74 Å². The first kappa shape index (κ1) is 19.0. The highest BCUT2D eigenvalue weighted by Gasteiger charge is 2.43. The van der Waals surface area contributed by atoms with Gasteiger partial charge in [0.2, 0.25) is 5.95 Å². The maximum absolute atomic E-state index is 6.32. The van der Waals surface area contributed by atoms with E-state index in [2.05, 4.69) is 50.1 Å². The topological polar surface area (TPSA) is 67.5 Å². The van der Waals surface area contributed by atoms with Crippen molar-refractivity contribution in [3.05, 3.63) is 53.3 Å². The van der Waals surface area contributed by atoms with Gasteiger partial charge in [-0.2, -0.15) is 0 Å². The van der Waals surface area contributed by atoms with Gasteiger partial charge in [0.25, 0.3) is 0 Å². The summed E-state index contributed by atoms with van der Waals surface area (Å²) in [6.45, 7) is 6.30. The van der Waals surface area contributed by atoms with Crippen molar-refractivity contribution in [2.24, 2.45) is 0 Å². The molecule has 0 aliphatic carbocycles. The molecular weight excluding hydrogens is 362 g/mol. The quantitative estimate of drug-likeness (QED) is 0.861. The van der Waals surface area contributed by atoms with Crippen LogP contribution in [0.2, 0.25) is 0 Å². The average molecular weight is 394 g/mol. The van der Waals surface area contributed by atoms with Gasteiger partial charge in [0.1, 0.15) is 5.60 Å². The lowest BCUT2D eigenvalue weighted by Crippen LogP contribution is -2.50. The van der Waals surface area contributed by atoms with Gasteiger partial charge < -0.3 is 15.4 Å². The van der Waals surface area contributed by atoms with Crippen LogP contribution in [-0.4, -0.2) is 58.6 Å². The Morgan fingerprint density at radius 2 is 1.97 bits per heavy atom. The molecule has 29 heavy (non-hydrogen) atoms. The molecule has 3 aliphatic rings. The fourth-order valence-corrected chi connectivity index (χ4v) is 5.33. The fourth-order valence-electron chi connectivity index (χ4n) is 5.33. The number of nitrogen functional groups attached to an aromatic ring is 1. The third-order valence-corrected chi connectivity index (χ3v) is 6.92. The summed E-state index contributed by atoms with van der Waals surface area (Å²) in [4.78, 5) is 14.1. The second-order valence-electron chi connectivity index (χ2n) is 8.75. The number of aromatic nitrogens is 2. The Morgan fingerprint density at radius 3 is 2.79 bits per heavy atom. The number of likely N-dealkylation sites (tertiary alicyclic amines) is 2. The van der Waals surface area contributed by atoms with Gasteiger partial charge in [0, 0.05) is 38.4 Å². The van der Waals surface area contributed by atoms with Crippen LogP contribution in [0.25, 0.3) is 0 Å². The van der Waals surface area contributed by atoms with Gasteiger partial charge in [-0.15, -0.1) is 0 Å². The number of fused-ring (bicyclic) bond motifs is 2. The van der Waals surface area contributed by atoms with Gasteiger partial charge >= 0.3 is 0 Å². The van der Waals surface area contributed by atoms with Gasteiger partial charge in [0.15, 0.2) is 0 Å². The number of ether oxygens (including phenoxy) is 1. The van der Waals surface area contributed by atoms with Gasteiger partial charge in [-0.1, -0.05) is 30.3 Å². The summed E-state index contributed by atoms with van der Waals surface area (Å²) in [5, 5.41) is 0. The Bertz CT molecular complexity index is 834. The molecule has 0 saturated carbocycles. The Labute approximate surface area is 173 Å². The van der Waals surface area contributed by atoms with Crippen LogP contribution in [0.1, 0.15) is 42.5 Å². The van der Waals surface area contributed by atoms with Gasteiger partial charge in [0.05, 0.1) is 12.3 Å². The van der Waals surface area contributed by atoms with Gasteiger partial charge in [-0.25, -0.2) is 9.97 Å². The maximum atomic E-state index is 6.32. The summed E-state index contributed by atoms with van der Waals surface area (Å²) in [5.41, 5.74) is 9.30. The molecule has 5 rings (SSSR count). The van der Waals surface area contributed by atoms with Crippen molar-refractivity contribution in [1.82, 2.24) is 19.8 Å². The Morgan fingerprint density at radius 1 is 1.14 bits per heavy atom. The van der Waals surface area contributed by atoms with Crippen LogP contribution in [-0.2, 0) is 23.3 Å². The van der Waals surface area contributed by atoms with Gasteiger partial charge in [-0.3, -0.25) is 4.90 Å². The summed E-state index contributed by atoms with van der Waals surface area (Å²) in [6.07, 6.45) is 7.37. The highest BCUT2D eigenvalue weighted by molar-refractivity contribution is 5.32. The zero-order chi connectivity index (χ0) is 19.7. The van der Waals surface area contributed by atoms with E-state index in [1.165, 1.54) is 30.5 Å². The van der Waals surface area contributed by atoms with Crippen molar-refractivity contribution in [2.75, 3.05) is 38.5 Å². The lowest BCUT2D eigenvalue weighted by Gasteiger charge is -2.45. The van der Waals surface area contributed by atoms with E-state index in [0.717, 1.165) is 57.7 Å². The highest BCUT2D eigenvalue weighted by atomic mass is 16.5. The molecule has 3 aliphatic heterocycles. The number of hydrogen-bond donors (Lipinski definition) is 1. The van der Waals surface area contributed by atoms with Crippen LogP contribution in [0.3, 0.4) is 0 Å². The number of hydrogen-bond acceptors (Lipinski definition) is 6. The Hall–Kier alpha value is -2.02. The molecule has 0 bridgehead atoms. The Kier molecular flexibility index (Phi) is 5.24. The van der Waals surface area contributed by atoms with E-state index in [4.69, 9.17) is 10.5 Å². The summed E-state index contributed by atoms with van der Waals surface area (Å²) in [7, 11) is 0. The standard InChI is InChI=1S/C23H31N5O/c24-22-25-15-19-8-14-29-23(21(19)26-22)9-12-27(13-10-23)17-20-7-4-11-28(20)16-18-5-2-1-3-6-18/h1-3,5-6,15,20H,4,7-14,16-17H2,(H2,24,25,26)/t20-/m1/s1. The predicted molar refractivity (Wildman–Crippen MR) is 113 cm³/mol. The Balaban J connectivity index is 1.22. The molecule has 1 atom stereocenters. The second kappa shape index (κ2) is 8.01. The number of nitrogens with zero attached hydrogens (tertiary/aromatic N) is 4. The van der Waals surface area contributed by atoms with E-state index in [0.29, 0.717) is 12.0 Å². The van der Waals surface area contributed by atoms with E-state index >= 15 is 0 Å². The third-order valence-electron chi connectivity index (χ3n) is 6.92. The highest BCUT2D eigenvalue weighted by Crippen LogP contribution is 2.40. The molecule has 6 nitrogen and oxygen atoms in total. The summed E-state index contributed by atoms with van der Waals surface area (Å²) in [5.74, 6) is 0.360. The fraction of sp³-hybridized carbons (Fsp3) is 0.565. The van der Waals surface area contributed by atoms with E-state index in [-0.39, 0.29) is 5.60 Å². The minimum absolute atomic E-state index is 0.263. The van der Waals surface area contributed by atoms with Crippen molar-refractivity contribution in [1.29, 1.82) is 0 Å². The van der Waals surface area contributed by atoms with Crippen LogP contribution in [0.15, 0.2) is 36.5 Å². The van der Waals surface area contributed by atoms with Gasteiger partial charge in [-0.05, 0) is 49.8 Å². The smallest absolute Gasteiger partial charge is 0.220 e. The van der Waals surface area contributed by atoms with Crippen LogP contribution in [0, 0.1) is 0 Å². The maximum Gasteiger partial charge on any atom is 0.220 e. The lowest BCUT2D eigenvalue weighted by molar-refractivity contribution is -0.102. The summed E-state index contributed by atoms with van der Waals surface area (Å²) in [6, 6.07) is 11.5. The largest absolute Gasteiger partial charge is 0.368 e. The lowest BCUT2D eigenvalue weighted by atomic mass is 9.83. The minimum atomic E-state index is -0.263. The van der Waals surface area contributed by atoms with Crippen molar-refractivity contribution in [3.63, 3.8) is 0 Å². The van der Waals surface area contributed by atoms with E-state index in [1.807, 2.05) is 6.20 Å². The molecule has 1 spiro atoms. The molecule has 2 saturated heterocycles. The summed E-state index contributed by atoms with van der Waals surface area (Å²) < 4.78 is 6.32. The molecule has 4 heterocycles. The van der Waals surface area contributed by atoms with E-state index < -0.39 is 0 Å². The van der Waals surface area contributed by atoms with Crippen molar-refractivity contribution >= 4 is 5.95 Å². The van der Waals surface area contributed by atoms with Crippen LogP contribution in [0.5, 0.6) is 0 Å². The first-order chi connectivity index (χ1) is 14.2. The first-order valence-electron chi connectivity index (χ1n) is 11.0. The van der Waals surface area contributed by atoms with Crippen LogP contribution in [0.4, 0.5) is 5.95 Å². The molecule has 0 amide bonds. The molecule has 0 radical (unpaired) electrons. The molecule has 6 heteroatoms. The number of rotatable bonds is 4. The molecule has 1 aromatic heterocycles. The normalized spacial score (nSPS) is 24.6. The van der Waals surface area contributed by atoms with E-state index in [9.17, 15) is 0 Å². The average Bonchev–Trinajstić information content (AvgIpc) is 3.18. The number of piperidine rings is 1. The van der Waals surface area contributed by atoms with E-state index in [1.54, 1.807) is 0 Å². The molecule has 0 unspecified atom stereocenters. The molecule has 2 N–H and O–H groups in total. The van der Waals surface area contributed by atoms with Crippen molar-refractivity contribution in [2.45, 2.75) is 50.3 Å². The molecule has 154 valence electrons. The van der Waals surface area contributed by atoms with Crippen LogP contribution < -0.4 is 5.73 Å². The number of benzene rings is 1. The predicted octanol–water partition coefficient (Wildman–Crippen LogP) is 2.59. The van der Waals surface area contributed by atoms with Crippen LogP contribution >= 0.6 is 0 Å². The number of nitrogens with two attached hydrogens (primary N) is 1. The second-order valence-corrected chi connectivity index (χ2v) is 8.75. The molecule has 2 fully saturated rings. The monoisotopic (exact) mass is 393 g/mol. The summed E-state index contributed by atoms with van der Waals surface area (Å²) >= 11 is 0. The molecule has 1 aromatic carbocycles. The zero-order valence-electron chi connectivity index (χ0n) is 17.1. The SMILES string of the molecule is Nc1ncc2c(n1)C1(CCN(C[C@H]3CCCN3Cc3ccccc3)CC1)OCC2.